The molecule has 2 nitrogen and oxygen atoms in total. The van der Waals surface area contributed by atoms with E-state index in [0.717, 1.165) is 16.0 Å². The molecule has 2 heterocycles. The van der Waals surface area contributed by atoms with Crippen LogP contribution in [0.15, 0.2) is 51.2 Å². The lowest BCUT2D eigenvalue weighted by molar-refractivity contribution is 0.586. The minimum Gasteiger partial charge on any atom is -0.464 e. The van der Waals surface area contributed by atoms with Crippen LogP contribution in [0, 0.1) is 0 Å². The molecule has 0 unspecified atom stereocenters. The molecule has 2 aromatic heterocycles. The summed E-state index contributed by atoms with van der Waals surface area (Å²) in [5, 5.41) is 2.70. The normalized spacial score (nSPS) is 11.3. The van der Waals surface area contributed by atoms with Crippen molar-refractivity contribution in [3.05, 3.63) is 57.8 Å². The summed E-state index contributed by atoms with van der Waals surface area (Å²) in [4.78, 5) is 13.6. The van der Waals surface area contributed by atoms with E-state index in [4.69, 9.17) is 4.42 Å². The minimum absolute atomic E-state index is 0.0784. The Labute approximate surface area is 115 Å². The summed E-state index contributed by atoms with van der Waals surface area (Å²) < 4.78 is 5.56. The van der Waals surface area contributed by atoms with Crippen LogP contribution >= 0.6 is 11.3 Å². The molecule has 0 spiro atoms. The molecule has 3 aromatic rings. The molecular formula is C16H14O2S. The van der Waals surface area contributed by atoms with Crippen molar-refractivity contribution in [2.45, 2.75) is 19.8 Å². The molecule has 0 atom stereocenters. The summed E-state index contributed by atoms with van der Waals surface area (Å²) in [6, 6.07) is 9.86. The van der Waals surface area contributed by atoms with E-state index in [1.807, 2.05) is 43.5 Å². The Hall–Kier alpha value is -1.87. The van der Waals surface area contributed by atoms with Crippen molar-refractivity contribution in [1.29, 1.82) is 0 Å². The molecular weight excluding hydrogens is 256 g/mol. The van der Waals surface area contributed by atoms with E-state index >= 15 is 0 Å². The largest absolute Gasteiger partial charge is 0.464 e. The van der Waals surface area contributed by atoms with E-state index in [2.05, 4.69) is 6.07 Å². The second kappa shape index (κ2) is 4.67. The van der Waals surface area contributed by atoms with E-state index in [9.17, 15) is 4.79 Å². The van der Waals surface area contributed by atoms with Crippen LogP contribution in [0.5, 0.6) is 0 Å². The third-order valence-corrected chi connectivity index (χ3v) is 4.15. The first-order valence-corrected chi connectivity index (χ1v) is 7.14. The van der Waals surface area contributed by atoms with Gasteiger partial charge in [0.25, 0.3) is 0 Å². The molecule has 3 heteroatoms. The SMILES string of the molecule is CC(C)c1coc2ccc(-c3cccs3)cc2c1=O. The van der Waals surface area contributed by atoms with Gasteiger partial charge in [-0.3, -0.25) is 4.79 Å². The van der Waals surface area contributed by atoms with Gasteiger partial charge in [0.1, 0.15) is 5.58 Å². The Morgan fingerprint density at radius 2 is 2.05 bits per heavy atom. The van der Waals surface area contributed by atoms with Gasteiger partial charge in [-0.05, 0) is 41.1 Å². The number of hydrogen-bond acceptors (Lipinski definition) is 3. The number of hydrogen-bond donors (Lipinski definition) is 0. The monoisotopic (exact) mass is 270 g/mol. The maximum absolute atomic E-state index is 12.4. The highest BCUT2D eigenvalue weighted by Crippen LogP contribution is 2.27. The van der Waals surface area contributed by atoms with Crippen LogP contribution in [-0.4, -0.2) is 0 Å². The van der Waals surface area contributed by atoms with Crippen molar-refractivity contribution in [2.75, 3.05) is 0 Å². The molecule has 0 saturated heterocycles. The molecule has 0 radical (unpaired) electrons. The van der Waals surface area contributed by atoms with Crippen LogP contribution in [0.3, 0.4) is 0 Å². The summed E-state index contributed by atoms with van der Waals surface area (Å²) >= 11 is 1.67. The van der Waals surface area contributed by atoms with Gasteiger partial charge in [0.2, 0.25) is 0 Å². The highest BCUT2D eigenvalue weighted by Gasteiger charge is 2.11. The van der Waals surface area contributed by atoms with Gasteiger partial charge in [0, 0.05) is 10.4 Å². The molecule has 0 saturated carbocycles. The minimum atomic E-state index is 0.0784. The lowest BCUT2D eigenvalue weighted by Crippen LogP contribution is -2.09. The van der Waals surface area contributed by atoms with Crippen LogP contribution in [-0.2, 0) is 0 Å². The molecule has 96 valence electrons. The van der Waals surface area contributed by atoms with Crippen molar-refractivity contribution in [1.82, 2.24) is 0 Å². The third kappa shape index (κ3) is 2.10. The zero-order valence-electron chi connectivity index (χ0n) is 10.8. The molecule has 0 bridgehead atoms. The van der Waals surface area contributed by atoms with Gasteiger partial charge in [-0.2, -0.15) is 0 Å². The van der Waals surface area contributed by atoms with Crippen molar-refractivity contribution in [3.63, 3.8) is 0 Å². The second-order valence-corrected chi connectivity index (χ2v) is 5.81. The van der Waals surface area contributed by atoms with Crippen LogP contribution in [0.25, 0.3) is 21.4 Å². The molecule has 3 rings (SSSR count). The summed E-state index contributed by atoms with van der Waals surface area (Å²) in [5.74, 6) is 0.172. The van der Waals surface area contributed by atoms with E-state index < -0.39 is 0 Å². The van der Waals surface area contributed by atoms with Gasteiger partial charge in [-0.15, -0.1) is 11.3 Å². The molecule has 0 fully saturated rings. The first-order valence-electron chi connectivity index (χ1n) is 6.26. The molecule has 0 aliphatic heterocycles. The fourth-order valence-electron chi connectivity index (χ4n) is 2.14. The summed E-state index contributed by atoms with van der Waals surface area (Å²) in [6.45, 7) is 4.00. The molecule has 19 heavy (non-hydrogen) atoms. The Morgan fingerprint density at radius 3 is 2.74 bits per heavy atom. The maximum atomic E-state index is 12.4. The van der Waals surface area contributed by atoms with E-state index in [-0.39, 0.29) is 11.3 Å². The predicted molar refractivity (Wildman–Crippen MR) is 79.9 cm³/mol. The highest BCUT2D eigenvalue weighted by atomic mass is 32.1. The van der Waals surface area contributed by atoms with Gasteiger partial charge < -0.3 is 4.42 Å². The average molecular weight is 270 g/mol. The first-order chi connectivity index (χ1) is 9.16. The molecule has 0 aliphatic carbocycles. The summed E-state index contributed by atoms with van der Waals surface area (Å²) in [7, 11) is 0. The van der Waals surface area contributed by atoms with E-state index in [1.165, 1.54) is 0 Å². The van der Waals surface area contributed by atoms with Gasteiger partial charge >= 0.3 is 0 Å². The van der Waals surface area contributed by atoms with E-state index in [1.54, 1.807) is 17.6 Å². The fourth-order valence-corrected chi connectivity index (χ4v) is 2.86. The molecule has 0 N–H and O–H groups in total. The van der Waals surface area contributed by atoms with Gasteiger partial charge in [-0.1, -0.05) is 19.9 Å². The summed E-state index contributed by atoms with van der Waals surface area (Å²) in [5.41, 5.74) is 2.52. The quantitative estimate of drug-likeness (QED) is 0.678. The number of benzene rings is 1. The fraction of sp³-hybridized carbons (Fsp3) is 0.188. The molecule has 0 aliphatic rings. The Kier molecular flexibility index (Phi) is 2.99. The second-order valence-electron chi connectivity index (χ2n) is 4.86. The highest BCUT2D eigenvalue weighted by molar-refractivity contribution is 7.13. The Bertz CT molecular complexity index is 767. The van der Waals surface area contributed by atoms with Crippen LogP contribution in [0.4, 0.5) is 0 Å². The molecule has 1 aromatic carbocycles. The van der Waals surface area contributed by atoms with E-state index in [0.29, 0.717) is 11.0 Å². The zero-order chi connectivity index (χ0) is 13.4. The topological polar surface area (TPSA) is 30.2 Å². The Morgan fingerprint density at radius 1 is 1.21 bits per heavy atom. The average Bonchev–Trinajstić information content (AvgIpc) is 2.92. The van der Waals surface area contributed by atoms with Gasteiger partial charge in [0.15, 0.2) is 5.43 Å². The summed E-state index contributed by atoms with van der Waals surface area (Å²) in [6.07, 6.45) is 1.58. The zero-order valence-corrected chi connectivity index (χ0v) is 11.7. The van der Waals surface area contributed by atoms with Gasteiger partial charge in [-0.25, -0.2) is 0 Å². The predicted octanol–water partition coefficient (Wildman–Crippen LogP) is 4.64. The third-order valence-electron chi connectivity index (χ3n) is 3.23. The van der Waals surface area contributed by atoms with Crippen molar-refractivity contribution in [2.24, 2.45) is 0 Å². The molecule has 0 amide bonds. The first kappa shape index (κ1) is 12.2. The number of fused-ring (bicyclic) bond motifs is 1. The number of rotatable bonds is 2. The van der Waals surface area contributed by atoms with Crippen LogP contribution in [0.1, 0.15) is 25.3 Å². The van der Waals surface area contributed by atoms with Crippen LogP contribution < -0.4 is 5.43 Å². The standard InChI is InChI=1S/C16H14O2S/c1-10(2)13-9-18-14-6-5-11(8-12(14)16(13)17)15-4-3-7-19-15/h3-10H,1-2H3. The number of thiophene rings is 1. The van der Waals surface area contributed by atoms with Crippen molar-refractivity contribution < 1.29 is 4.42 Å². The van der Waals surface area contributed by atoms with Gasteiger partial charge in [0.05, 0.1) is 11.6 Å². The van der Waals surface area contributed by atoms with Crippen molar-refractivity contribution in [3.8, 4) is 10.4 Å². The maximum Gasteiger partial charge on any atom is 0.196 e. The lowest BCUT2D eigenvalue weighted by Gasteiger charge is -2.06. The Balaban J connectivity index is 2.27. The smallest absolute Gasteiger partial charge is 0.196 e. The van der Waals surface area contributed by atoms with Crippen molar-refractivity contribution >= 4 is 22.3 Å². The lowest BCUT2D eigenvalue weighted by atomic mass is 10.0. The van der Waals surface area contributed by atoms with Crippen LogP contribution in [0.2, 0.25) is 0 Å².